The van der Waals surface area contributed by atoms with E-state index >= 15 is 4.57 Å². The average Bonchev–Trinajstić information content (AvgIpc) is 3.29. The molecule has 3 aliphatic heterocycles. The molecule has 0 N–H and O–H groups in total. The second-order valence-corrected chi connectivity index (χ2v) is 11.4. The molecule has 7 nitrogen and oxygen atoms in total. The quantitative estimate of drug-likeness (QED) is 0.627. The van der Waals surface area contributed by atoms with E-state index in [0.29, 0.717) is 52.6 Å². The Balaban J connectivity index is 1.61. The Hall–Kier alpha value is -1.47. The largest absolute Gasteiger partial charge is 0.379 e. The lowest BCUT2D eigenvalue weighted by Crippen LogP contribution is -2.44. The van der Waals surface area contributed by atoms with Crippen molar-refractivity contribution in [2.24, 2.45) is 0 Å². The lowest BCUT2D eigenvalue weighted by atomic mass is 10.1. The predicted octanol–water partition coefficient (Wildman–Crippen LogP) is 3.27. The van der Waals surface area contributed by atoms with Crippen LogP contribution in [0.5, 0.6) is 0 Å². The van der Waals surface area contributed by atoms with Gasteiger partial charge in [-0.1, -0.05) is 30.3 Å². The molecule has 3 saturated heterocycles. The van der Waals surface area contributed by atoms with Crippen molar-refractivity contribution in [1.82, 2.24) is 14.2 Å². The molecule has 1 aromatic rings. The third-order valence-corrected chi connectivity index (χ3v) is 10.2. The molecular formula is C24H34N3O4P. The summed E-state index contributed by atoms with van der Waals surface area (Å²) in [5.41, 5.74) is 3.70. The third-order valence-electron chi connectivity index (χ3n) is 6.77. The summed E-state index contributed by atoms with van der Waals surface area (Å²) in [6, 6.07) is 10.5. The summed E-state index contributed by atoms with van der Waals surface area (Å²) in [5.74, 6) is 0. The minimum absolute atomic E-state index is 0.640. The van der Waals surface area contributed by atoms with E-state index in [2.05, 4.69) is 44.6 Å². The summed E-state index contributed by atoms with van der Waals surface area (Å²) in [6.07, 6.45) is 4.06. The SMILES string of the molecule is O=P(C1=C(N2CCOCC2)C(=Cc2ccccc2)CC1)(N1CCOCC1)N1CCOCC1. The molecule has 0 saturated carbocycles. The summed E-state index contributed by atoms with van der Waals surface area (Å²) >= 11 is 0. The van der Waals surface area contributed by atoms with Crippen LogP contribution in [0.1, 0.15) is 18.4 Å². The lowest BCUT2D eigenvalue weighted by Gasteiger charge is -2.44. The Morgan fingerprint density at radius 2 is 1.25 bits per heavy atom. The van der Waals surface area contributed by atoms with Crippen LogP contribution in [0.4, 0.5) is 0 Å². The van der Waals surface area contributed by atoms with Gasteiger partial charge in [-0.3, -0.25) is 4.57 Å². The van der Waals surface area contributed by atoms with E-state index in [9.17, 15) is 0 Å². The van der Waals surface area contributed by atoms with E-state index in [0.717, 1.165) is 44.5 Å². The van der Waals surface area contributed by atoms with Crippen LogP contribution < -0.4 is 0 Å². The molecule has 0 unspecified atom stereocenters. The highest BCUT2D eigenvalue weighted by molar-refractivity contribution is 7.63. The number of hydrogen-bond acceptors (Lipinski definition) is 5. The molecule has 0 bridgehead atoms. The Morgan fingerprint density at radius 3 is 1.81 bits per heavy atom. The Morgan fingerprint density at radius 1 is 0.719 bits per heavy atom. The summed E-state index contributed by atoms with van der Waals surface area (Å²) in [6.45, 7) is 8.54. The number of rotatable bonds is 5. The van der Waals surface area contributed by atoms with Crippen LogP contribution in [0.3, 0.4) is 0 Å². The van der Waals surface area contributed by atoms with Crippen molar-refractivity contribution in [3.05, 3.63) is 52.5 Å². The molecule has 0 radical (unpaired) electrons. The number of morpholine rings is 3. The van der Waals surface area contributed by atoms with Crippen LogP contribution in [-0.4, -0.2) is 93.2 Å². The van der Waals surface area contributed by atoms with E-state index in [4.69, 9.17) is 14.2 Å². The molecule has 1 aliphatic carbocycles. The standard InChI is InChI=1S/C24H34N3O4P/c28-32(26-10-16-30-17-11-26,27-12-18-31-19-13-27)23-7-6-22(20-21-4-2-1-3-5-21)24(23)25-8-14-29-15-9-25/h1-5,20H,6-19H2. The summed E-state index contributed by atoms with van der Waals surface area (Å²) in [4.78, 5) is 2.42. The second kappa shape index (κ2) is 10.2. The first-order valence-corrected chi connectivity index (χ1v) is 13.5. The minimum Gasteiger partial charge on any atom is -0.379 e. The maximum Gasteiger partial charge on any atom is 0.244 e. The van der Waals surface area contributed by atoms with Crippen LogP contribution in [0.15, 0.2) is 46.9 Å². The van der Waals surface area contributed by atoms with Crippen LogP contribution in [0.25, 0.3) is 6.08 Å². The molecule has 0 spiro atoms. The van der Waals surface area contributed by atoms with Crippen molar-refractivity contribution in [3.63, 3.8) is 0 Å². The number of allylic oxidation sites excluding steroid dienone is 2. The fourth-order valence-electron chi connectivity index (χ4n) is 5.19. The van der Waals surface area contributed by atoms with Crippen molar-refractivity contribution in [2.45, 2.75) is 12.8 Å². The van der Waals surface area contributed by atoms with Crippen molar-refractivity contribution in [3.8, 4) is 0 Å². The summed E-state index contributed by atoms with van der Waals surface area (Å²) in [7, 11) is -2.92. The van der Waals surface area contributed by atoms with Crippen LogP contribution in [0.2, 0.25) is 0 Å². The first-order valence-electron chi connectivity index (χ1n) is 11.9. The molecule has 3 fully saturated rings. The molecule has 0 amide bonds. The molecule has 0 atom stereocenters. The van der Waals surface area contributed by atoms with E-state index in [1.165, 1.54) is 16.8 Å². The van der Waals surface area contributed by atoms with Gasteiger partial charge in [0, 0.05) is 50.3 Å². The number of hydrogen-bond donors (Lipinski definition) is 0. The first kappa shape index (κ1) is 22.3. The van der Waals surface area contributed by atoms with Crippen LogP contribution >= 0.6 is 7.44 Å². The van der Waals surface area contributed by atoms with Gasteiger partial charge in [-0.2, -0.15) is 0 Å². The van der Waals surface area contributed by atoms with Gasteiger partial charge in [-0.05, 0) is 30.1 Å². The van der Waals surface area contributed by atoms with E-state index in [1.807, 2.05) is 6.07 Å². The zero-order valence-electron chi connectivity index (χ0n) is 18.8. The van der Waals surface area contributed by atoms with Gasteiger partial charge in [-0.15, -0.1) is 0 Å². The summed E-state index contributed by atoms with van der Waals surface area (Å²) in [5, 5.41) is 1.13. The van der Waals surface area contributed by atoms with E-state index < -0.39 is 7.44 Å². The molecule has 174 valence electrons. The van der Waals surface area contributed by atoms with Gasteiger partial charge in [-0.25, -0.2) is 9.34 Å². The van der Waals surface area contributed by atoms with Crippen molar-refractivity contribution < 1.29 is 18.8 Å². The average molecular weight is 460 g/mol. The fourth-order valence-corrected chi connectivity index (χ4v) is 8.61. The molecular weight excluding hydrogens is 425 g/mol. The van der Waals surface area contributed by atoms with Crippen LogP contribution in [0, 0.1) is 0 Å². The Kier molecular flexibility index (Phi) is 7.12. The summed E-state index contributed by atoms with van der Waals surface area (Å²) < 4.78 is 36.5. The monoisotopic (exact) mass is 459 g/mol. The maximum absolute atomic E-state index is 15.2. The van der Waals surface area contributed by atoms with Gasteiger partial charge >= 0.3 is 0 Å². The topological polar surface area (TPSA) is 54.5 Å². The molecule has 0 aromatic heterocycles. The molecule has 3 heterocycles. The Bertz CT molecular complexity index is 864. The first-order chi connectivity index (χ1) is 15.8. The van der Waals surface area contributed by atoms with Crippen molar-refractivity contribution >= 4 is 13.5 Å². The normalized spacial score (nSPS) is 25.6. The molecule has 5 rings (SSSR count). The number of benzene rings is 1. The molecule has 8 heteroatoms. The van der Waals surface area contributed by atoms with Gasteiger partial charge in [0.2, 0.25) is 7.44 Å². The van der Waals surface area contributed by atoms with Gasteiger partial charge in [0.25, 0.3) is 0 Å². The zero-order valence-corrected chi connectivity index (χ0v) is 19.7. The zero-order chi connectivity index (χ0) is 21.8. The molecule has 32 heavy (non-hydrogen) atoms. The Labute approximate surface area is 191 Å². The minimum atomic E-state index is -2.92. The highest BCUT2D eigenvalue weighted by Crippen LogP contribution is 2.65. The molecule has 4 aliphatic rings. The van der Waals surface area contributed by atoms with Gasteiger partial charge in [0.15, 0.2) is 0 Å². The van der Waals surface area contributed by atoms with Gasteiger partial charge in [0.1, 0.15) is 0 Å². The van der Waals surface area contributed by atoms with Gasteiger partial charge in [0.05, 0.1) is 39.6 Å². The van der Waals surface area contributed by atoms with Crippen LogP contribution in [-0.2, 0) is 18.8 Å². The second-order valence-electron chi connectivity index (χ2n) is 8.65. The highest BCUT2D eigenvalue weighted by atomic mass is 31.2. The predicted molar refractivity (Wildman–Crippen MR) is 125 cm³/mol. The van der Waals surface area contributed by atoms with Gasteiger partial charge < -0.3 is 19.1 Å². The van der Waals surface area contributed by atoms with E-state index in [-0.39, 0.29) is 0 Å². The smallest absolute Gasteiger partial charge is 0.244 e. The highest BCUT2D eigenvalue weighted by Gasteiger charge is 2.46. The van der Waals surface area contributed by atoms with Crippen molar-refractivity contribution in [2.75, 3.05) is 78.9 Å². The van der Waals surface area contributed by atoms with Crippen molar-refractivity contribution in [1.29, 1.82) is 0 Å². The maximum atomic E-state index is 15.2. The molecule has 1 aromatic carbocycles. The third kappa shape index (κ3) is 4.47. The fraction of sp³-hybridized carbons (Fsp3) is 0.583. The number of ether oxygens (including phenoxy) is 3. The number of nitrogens with zero attached hydrogens (tertiary/aromatic N) is 3. The lowest BCUT2D eigenvalue weighted by molar-refractivity contribution is 0.0515. The van der Waals surface area contributed by atoms with E-state index in [1.54, 1.807) is 0 Å².